The van der Waals surface area contributed by atoms with E-state index in [1.165, 1.54) is 11.3 Å². The Morgan fingerprint density at radius 3 is 2.58 bits per heavy atom. The van der Waals surface area contributed by atoms with Crippen molar-refractivity contribution >= 4 is 43.8 Å². The van der Waals surface area contributed by atoms with E-state index in [2.05, 4.69) is 26.2 Å². The molecule has 4 nitrogen and oxygen atoms in total. The van der Waals surface area contributed by atoms with Gasteiger partial charge in [0.05, 0.1) is 5.69 Å². The van der Waals surface area contributed by atoms with Gasteiger partial charge in [-0.2, -0.15) is 0 Å². The molecule has 6 heteroatoms. The lowest BCUT2D eigenvalue weighted by atomic mass is 10.2. The summed E-state index contributed by atoms with van der Waals surface area (Å²) in [5, 5.41) is 4.74. The van der Waals surface area contributed by atoms with E-state index < -0.39 is 0 Å². The van der Waals surface area contributed by atoms with Crippen LogP contribution in [0.5, 0.6) is 0 Å². The molecule has 24 heavy (non-hydrogen) atoms. The average molecular weight is 398 g/mol. The van der Waals surface area contributed by atoms with E-state index in [0.29, 0.717) is 5.69 Å². The molecule has 0 unspecified atom stereocenters. The van der Waals surface area contributed by atoms with Crippen LogP contribution in [0.15, 0.2) is 70.6 Å². The van der Waals surface area contributed by atoms with Crippen LogP contribution < -0.4 is 5.32 Å². The number of nitrogens with zero attached hydrogens (tertiary/aromatic N) is 2. The van der Waals surface area contributed by atoms with Gasteiger partial charge in [0.2, 0.25) is 0 Å². The zero-order chi connectivity index (χ0) is 16.5. The Morgan fingerprint density at radius 1 is 1.08 bits per heavy atom. The molecule has 2 aromatic heterocycles. The van der Waals surface area contributed by atoms with Gasteiger partial charge in [0.1, 0.15) is 5.69 Å². The highest BCUT2D eigenvalue weighted by Crippen LogP contribution is 2.24. The summed E-state index contributed by atoms with van der Waals surface area (Å²) in [5.74, 6) is -0.152. The highest BCUT2D eigenvalue weighted by Gasteiger charge is 2.15. The van der Waals surface area contributed by atoms with Crippen LogP contribution in [0.1, 0.15) is 10.5 Å². The number of carbonyl (C=O) groups is 1. The summed E-state index contributed by atoms with van der Waals surface area (Å²) in [4.78, 5) is 18.0. The third-order valence-corrected chi connectivity index (χ3v) is 4.98. The van der Waals surface area contributed by atoms with E-state index in [0.717, 1.165) is 26.4 Å². The molecule has 0 atom stereocenters. The van der Waals surface area contributed by atoms with Gasteiger partial charge in [-0.25, -0.2) is 4.98 Å². The van der Waals surface area contributed by atoms with Crippen molar-refractivity contribution in [2.75, 3.05) is 5.32 Å². The van der Waals surface area contributed by atoms with Crippen molar-refractivity contribution in [3.63, 3.8) is 0 Å². The molecule has 4 aromatic rings. The van der Waals surface area contributed by atoms with E-state index in [9.17, 15) is 4.79 Å². The van der Waals surface area contributed by atoms with Crippen molar-refractivity contribution in [3.8, 4) is 11.3 Å². The van der Waals surface area contributed by atoms with Crippen molar-refractivity contribution in [2.24, 2.45) is 0 Å². The quantitative estimate of drug-likeness (QED) is 0.523. The SMILES string of the molecule is O=C(Nc1ccc(Br)cc1)c1csc2nc(-c3ccccc3)cn12. The standard InChI is InChI=1S/C18H12BrN3OS/c19-13-6-8-14(9-7-13)20-17(23)16-11-24-18-21-15(10-22(16)18)12-4-2-1-3-5-12/h1-11H,(H,20,23). The highest BCUT2D eigenvalue weighted by atomic mass is 79.9. The molecule has 0 bridgehead atoms. The van der Waals surface area contributed by atoms with Crippen LogP contribution in [-0.4, -0.2) is 15.3 Å². The lowest BCUT2D eigenvalue weighted by Crippen LogP contribution is -2.13. The maximum Gasteiger partial charge on any atom is 0.273 e. The number of anilines is 1. The topological polar surface area (TPSA) is 46.4 Å². The fourth-order valence-electron chi connectivity index (χ4n) is 2.42. The fraction of sp³-hybridized carbons (Fsp3) is 0. The van der Waals surface area contributed by atoms with Gasteiger partial charge >= 0.3 is 0 Å². The molecule has 0 saturated heterocycles. The molecule has 0 fully saturated rings. The third kappa shape index (κ3) is 2.86. The second kappa shape index (κ2) is 6.22. The van der Waals surface area contributed by atoms with Gasteiger partial charge in [-0.05, 0) is 24.3 Å². The number of aromatic nitrogens is 2. The summed E-state index contributed by atoms with van der Waals surface area (Å²) in [6.45, 7) is 0. The van der Waals surface area contributed by atoms with E-state index in [4.69, 9.17) is 0 Å². The van der Waals surface area contributed by atoms with Gasteiger partial charge in [-0.1, -0.05) is 46.3 Å². The minimum atomic E-state index is -0.152. The second-order valence-corrected chi connectivity index (χ2v) is 6.98. The monoisotopic (exact) mass is 397 g/mol. The number of thiazole rings is 1. The first-order chi connectivity index (χ1) is 11.7. The summed E-state index contributed by atoms with van der Waals surface area (Å²) in [6.07, 6.45) is 1.90. The molecule has 1 N–H and O–H groups in total. The van der Waals surface area contributed by atoms with Crippen molar-refractivity contribution in [1.29, 1.82) is 0 Å². The Bertz CT molecular complexity index is 1010. The third-order valence-electron chi connectivity index (χ3n) is 3.61. The maximum atomic E-state index is 12.6. The van der Waals surface area contributed by atoms with Gasteiger partial charge in [-0.15, -0.1) is 11.3 Å². The molecule has 2 heterocycles. The first-order valence-corrected chi connectivity index (χ1v) is 8.97. The molecule has 4 rings (SSSR count). The van der Waals surface area contributed by atoms with Gasteiger partial charge in [-0.3, -0.25) is 9.20 Å². The van der Waals surface area contributed by atoms with Crippen molar-refractivity contribution in [2.45, 2.75) is 0 Å². The van der Waals surface area contributed by atoms with E-state index in [1.807, 2.05) is 70.6 Å². The van der Waals surface area contributed by atoms with Gasteiger partial charge < -0.3 is 5.32 Å². The predicted molar refractivity (Wildman–Crippen MR) is 101 cm³/mol. The molecular weight excluding hydrogens is 386 g/mol. The molecule has 2 aromatic carbocycles. The number of hydrogen-bond acceptors (Lipinski definition) is 3. The summed E-state index contributed by atoms with van der Waals surface area (Å²) < 4.78 is 2.81. The van der Waals surface area contributed by atoms with Crippen molar-refractivity contribution < 1.29 is 4.79 Å². The molecule has 1 amide bonds. The lowest BCUT2D eigenvalue weighted by molar-refractivity contribution is 0.102. The Morgan fingerprint density at radius 2 is 1.83 bits per heavy atom. The molecule has 118 valence electrons. The number of imidazole rings is 1. The number of rotatable bonds is 3. The van der Waals surface area contributed by atoms with Crippen LogP contribution in [0.3, 0.4) is 0 Å². The van der Waals surface area contributed by atoms with E-state index in [-0.39, 0.29) is 5.91 Å². The zero-order valence-corrected chi connectivity index (χ0v) is 14.8. The minimum Gasteiger partial charge on any atom is -0.321 e. The Labute approximate surface area is 150 Å². The zero-order valence-electron chi connectivity index (χ0n) is 12.4. The van der Waals surface area contributed by atoms with Crippen LogP contribution in [-0.2, 0) is 0 Å². The molecular formula is C18H12BrN3OS. The predicted octanol–water partition coefficient (Wildman–Crippen LogP) is 5.08. The Hall–Kier alpha value is -2.44. The van der Waals surface area contributed by atoms with Crippen LogP contribution in [0, 0.1) is 0 Å². The maximum absolute atomic E-state index is 12.6. The Kier molecular flexibility index (Phi) is 3.92. The summed E-state index contributed by atoms with van der Waals surface area (Å²) >= 11 is 4.84. The Balaban J connectivity index is 1.65. The fourth-order valence-corrected chi connectivity index (χ4v) is 3.54. The van der Waals surface area contributed by atoms with Crippen LogP contribution >= 0.6 is 27.3 Å². The molecule has 0 aliphatic rings. The van der Waals surface area contributed by atoms with Crippen molar-refractivity contribution in [1.82, 2.24) is 9.38 Å². The number of hydrogen-bond donors (Lipinski definition) is 1. The largest absolute Gasteiger partial charge is 0.321 e. The minimum absolute atomic E-state index is 0.152. The van der Waals surface area contributed by atoms with Crippen molar-refractivity contribution in [3.05, 3.63) is 76.3 Å². The summed E-state index contributed by atoms with van der Waals surface area (Å²) in [6, 6.07) is 17.4. The summed E-state index contributed by atoms with van der Waals surface area (Å²) in [5.41, 5.74) is 3.23. The average Bonchev–Trinajstić information content (AvgIpc) is 3.18. The number of carbonyl (C=O) groups excluding carboxylic acids is 1. The first kappa shape index (κ1) is 15.1. The van der Waals surface area contributed by atoms with Crippen LogP contribution in [0.25, 0.3) is 16.2 Å². The van der Waals surface area contributed by atoms with Gasteiger partial charge in [0.25, 0.3) is 5.91 Å². The van der Waals surface area contributed by atoms with Gasteiger partial charge in [0.15, 0.2) is 4.96 Å². The van der Waals surface area contributed by atoms with Crippen LogP contribution in [0.4, 0.5) is 5.69 Å². The molecule has 0 radical (unpaired) electrons. The number of nitrogens with one attached hydrogen (secondary N) is 1. The molecule has 0 aliphatic heterocycles. The summed E-state index contributed by atoms with van der Waals surface area (Å²) in [7, 11) is 0. The number of halogens is 1. The van der Waals surface area contributed by atoms with E-state index >= 15 is 0 Å². The number of amides is 1. The first-order valence-electron chi connectivity index (χ1n) is 7.29. The van der Waals surface area contributed by atoms with Gasteiger partial charge in [0, 0.05) is 27.3 Å². The second-order valence-electron chi connectivity index (χ2n) is 5.23. The molecule has 0 saturated carbocycles. The van der Waals surface area contributed by atoms with E-state index in [1.54, 1.807) is 0 Å². The molecule has 0 aliphatic carbocycles. The normalized spacial score (nSPS) is 10.9. The van der Waals surface area contributed by atoms with Crippen LogP contribution in [0.2, 0.25) is 0 Å². The molecule has 0 spiro atoms. The lowest BCUT2D eigenvalue weighted by Gasteiger charge is -2.04. The smallest absolute Gasteiger partial charge is 0.273 e. The number of benzene rings is 2. The number of fused-ring (bicyclic) bond motifs is 1. The highest BCUT2D eigenvalue weighted by molar-refractivity contribution is 9.10.